The molecule has 0 rings (SSSR count). The summed E-state index contributed by atoms with van der Waals surface area (Å²) in [6.07, 6.45) is 1.70. The van der Waals surface area contributed by atoms with Gasteiger partial charge in [0, 0.05) is 13.5 Å². The lowest BCUT2D eigenvalue weighted by Gasteiger charge is -2.18. The highest BCUT2D eigenvalue weighted by Gasteiger charge is 2.11. The Hall–Kier alpha value is -0.570. The van der Waals surface area contributed by atoms with Gasteiger partial charge in [0.2, 0.25) is 0 Å². The lowest BCUT2D eigenvalue weighted by atomic mass is 9.91. The van der Waals surface area contributed by atoms with Gasteiger partial charge in [-0.05, 0) is 24.7 Å². The van der Waals surface area contributed by atoms with E-state index < -0.39 is 0 Å². The number of carbonyl (C=O) groups is 1. The van der Waals surface area contributed by atoms with Crippen molar-refractivity contribution in [3.05, 3.63) is 0 Å². The summed E-state index contributed by atoms with van der Waals surface area (Å²) in [5.74, 6) is 0.758. The summed E-state index contributed by atoms with van der Waals surface area (Å²) in [5, 5.41) is 8.71. The predicted octanol–water partition coefficient (Wildman–Crippen LogP) is 1.59. The van der Waals surface area contributed by atoms with Crippen molar-refractivity contribution in [1.82, 2.24) is 0 Å². The monoisotopic (exact) mass is 188 g/mol. The molecule has 0 aliphatic rings. The van der Waals surface area contributed by atoms with Crippen molar-refractivity contribution in [2.24, 2.45) is 11.8 Å². The molecule has 0 saturated heterocycles. The van der Waals surface area contributed by atoms with Gasteiger partial charge in [-0.3, -0.25) is 4.79 Å². The topological polar surface area (TPSA) is 46.5 Å². The Bertz CT molecular complexity index is 145. The second-order valence-corrected chi connectivity index (χ2v) is 3.60. The minimum Gasteiger partial charge on any atom is -0.466 e. The summed E-state index contributed by atoms with van der Waals surface area (Å²) >= 11 is 0. The molecule has 0 aliphatic heterocycles. The zero-order valence-electron chi connectivity index (χ0n) is 8.75. The first kappa shape index (κ1) is 12.4. The van der Waals surface area contributed by atoms with Gasteiger partial charge in [0.05, 0.1) is 6.61 Å². The first-order chi connectivity index (χ1) is 6.07. The van der Waals surface area contributed by atoms with Gasteiger partial charge >= 0.3 is 5.97 Å². The first-order valence-corrected chi connectivity index (χ1v) is 4.82. The summed E-state index contributed by atoms with van der Waals surface area (Å²) in [6, 6.07) is 0. The Balaban J connectivity index is 3.49. The van der Waals surface area contributed by atoms with Gasteiger partial charge in [-0.2, -0.15) is 0 Å². The molecule has 1 N–H and O–H groups in total. The Kier molecular flexibility index (Phi) is 6.59. The molecule has 0 radical (unpaired) electrons. The summed E-state index contributed by atoms with van der Waals surface area (Å²) in [6.45, 7) is 6.37. The molecule has 78 valence electrons. The number of rotatable bonds is 6. The van der Waals surface area contributed by atoms with E-state index in [0.717, 1.165) is 12.8 Å². The Morgan fingerprint density at radius 3 is 2.31 bits per heavy atom. The molecule has 0 heterocycles. The largest absolute Gasteiger partial charge is 0.466 e. The second kappa shape index (κ2) is 6.89. The van der Waals surface area contributed by atoms with E-state index in [1.54, 1.807) is 0 Å². The van der Waals surface area contributed by atoms with Gasteiger partial charge in [0.1, 0.15) is 0 Å². The zero-order chi connectivity index (χ0) is 10.3. The average Bonchev–Trinajstić information content (AvgIpc) is 2.04. The molecule has 0 bridgehead atoms. The van der Waals surface area contributed by atoms with Crippen LogP contribution < -0.4 is 0 Å². The van der Waals surface area contributed by atoms with Crippen molar-refractivity contribution in [3.63, 3.8) is 0 Å². The molecule has 0 saturated carbocycles. The Morgan fingerprint density at radius 1 is 1.31 bits per heavy atom. The molecule has 0 unspecified atom stereocenters. The molecule has 0 spiro atoms. The number of esters is 1. The van der Waals surface area contributed by atoms with Crippen LogP contribution in [0.5, 0.6) is 0 Å². The van der Waals surface area contributed by atoms with Gasteiger partial charge in [-0.1, -0.05) is 13.8 Å². The number of aliphatic hydroxyl groups excluding tert-OH is 1. The van der Waals surface area contributed by atoms with Crippen LogP contribution in [0.2, 0.25) is 0 Å². The fourth-order valence-corrected chi connectivity index (χ4v) is 1.16. The highest BCUT2D eigenvalue weighted by molar-refractivity contribution is 5.65. The molecule has 3 heteroatoms. The van der Waals surface area contributed by atoms with E-state index in [0.29, 0.717) is 18.4 Å². The van der Waals surface area contributed by atoms with E-state index in [4.69, 9.17) is 9.84 Å². The van der Waals surface area contributed by atoms with Gasteiger partial charge in [-0.25, -0.2) is 0 Å². The maximum absolute atomic E-state index is 10.5. The van der Waals surface area contributed by atoms with Crippen molar-refractivity contribution in [2.45, 2.75) is 33.6 Å². The summed E-state index contributed by atoms with van der Waals surface area (Å²) < 4.78 is 4.84. The standard InChI is InChI=1S/C10H20O3/c1-8(4-6-11)9(2)5-7-13-10(3)12/h8-9,11H,4-7H2,1-3H3/t8-,9+/m1/s1. The average molecular weight is 188 g/mol. The van der Waals surface area contributed by atoms with Crippen LogP contribution in [0.15, 0.2) is 0 Å². The Labute approximate surface area is 80.1 Å². The molecule has 0 aromatic carbocycles. The van der Waals surface area contributed by atoms with E-state index in [1.807, 2.05) is 0 Å². The van der Waals surface area contributed by atoms with Crippen molar-refractivity contribution >= 4 is 5.97 Å². The van der Waals surface area contributed by atoms with Crippen LogP contribution in [-0.4, -0.2) is 24.3 Å². The second-order valence-electron chi connectivity index (χ2n) is 3.60. The highest BCUT2D eigenvalue weighted by Crippen LogP contribution is 2.17. The van der Waals surface area contributed by atoms with Crippen molar-refractivity contribution in [3.8, 4) is 0 Å². The van der Waals surface area contributed by atoms with E-state index in [-0.39, 0.29) is 12.6 Å². The lowest BCUT2D eigenvalue weighted by molar-refractivity contribution is -0.141. The summed E-state index contributed by atoms with van der Waals surface area (Å²) in [4.78, 5) is 10.5. The quantitative estimate of drug-likeness (QED) is 0.644. The highest BCUT2D eigenvalue weighted by atomic mass is 16.5. The van der Waals surface area contributed by atoms with Crippen LogP contribution in [0.1, 0.15) is 33.6 Å². The number of ether oxygens (including phenoxy) is 1. The molecule has 0 aromatic heterocycles. The fourth-order valence-electron chi connectivity index (χ4n) is 1.16. The summed E-state index contributed by atoms with van der Waals surface area (Å²) in [7, 11) is 0. The van der Waals surface area contributed by atoms with Gasteiger partial charge in [0.15, 0.2) is 0 Å². The van der Waals surface area contributed by atoms with Crippen LogP contribution in [0.25, 0.3) is 0 Å². The molecule has 0 aliphatic carbocycles. The van der Waals surface area contributed by atoms with Gasteiger partial charge in [-0.15, -0.1) is 0 Å². The smallest absolute Gasteiger partial charge is 0.302 e. The van der Waals surface area contributed by atoms with E-state index in [9.17, 15) is 4.79 Å². The maximum Gasteiger partial charge on any atom is 0.302 e. The van der Waals surface area contributed by atoms with Crippen molar-refractivity contribution < 1.29 is 14.6 Å². The molecular formula is C10H20O3. The van der Waals surface area contributed by atoms with Gasteiger partial charge < -0.3 is 9.84 Å². The number of carbonyl (C=O) groups excluding carboxylic acids is 1. The minimum absolute atomic E-state index is 0.220. The minimum atomic E-state index is -0.220. The van der Waals surface area contributed by atoms with E-state index in [1.165, 1.54) is 6.92 Å². The van der Waals surface area contributed by atoms with Crippen LogP contribution in [-0.2, 0) is 9.53 Å². The van der Waals surface area contributed by atoms with Crippen LogP contribution >= 0.6 is 0 Å². The van der Waals surface area contributed by atoms with E-state index >= 15 is 0 Å². The Morgan fingerprint density at radius 2 is 1.85 bits per heavy atom. The molecule has 0 aromatic rings. The van der Waals surface area contributed by atoms with Gasteiger partial charge in [0.25, 0.3) is 0 Å². The maximum atomic E-state index is 10.5. The van der Waals surface area contributed by atoms with Crippen molar-refractivity contribution in [2.75, 3.05) is 13.2 Å². The number of hydrogen-bond acceptors (Lipinski definition) is 3. The molecule has 3 nitrogen and oxygen atoms in total. The van der Waals surface area contributed by atoms with Crippen LogP contribution in [0.3, 0.4) is 0 Å². The fraction of sp³-hybridized carbons (Fsp3) is 0.900. The van der Waals surface area contributed by atoms with Crippen molar-refractivity contribution in [1.29, 1.82) is 0 Å². The molecule has 13 heavy (non-hydrogen) atoms. The third-order valence-electron chi connectivity index (χ3n) is 2.43. The zero-order valence-corrected chi connectivity index (χ0v) is 8.75. The van der Waals surface area contributed by atoms with E-state index in [2.05, 4.69) is 13.8 Å². The normalized spacial score (nSPS) is 15.1. The molecular weight excluding hydrogens is 168 g/mol. The predicted molar refractivity (Wildman–Crippen MR) is 51.3 cm³/mol. The summed E-state index contributed by atoms with van der Waals surface area (Å²) in [5.41, 5.74) is 0. The lowest BCUT2D eigenvalue weighted by Crippen LogP contribution is -2.13. The molecule has 2 atom stereocenters. The molecule has 0 amide bonds. The third kappa shape index (κ3) is 6.58. The third-order valence-corrected chi connectivity index (χ3v) is 2.43. The SMILES string of the molecule is CC(=O)OCC[C@H](C)[C@H](C)CCO. The molecule has 0 fully saturated rings. The number of aliphatic hydroxyl groups is 1. The number of hydrogen-bond donors (Lipinski definition) is 1. The first-order valence-electron chi connectivity index (χ1n) is 4.82. The van der Waals surface area contributed by atoms with Crippen LogP contribution in [0.4, 0.5) is 0 Å². The van der Waals surface area contributed by atoms with Crippen LogP contribution in [0, 0.1) is 11.8 Å².